The number of carboxylic acids is 1. The lowest BCUT2D eigenvalue weighted by molar-refractivity contribution is -0.127. The van der Waals surface area contributed by atoms with Crippen molar-refractivity contribution >= 4 is 17.6 Å². The zero-order chi connectivity index (χ0) is 19.3. The number of ether oxygens (including phenoxy) is 2. The summed E-state index contributed by atoms with van der Waals surface area (Å²) >= 11 is 0. The second kappa shape index (κ2) is 8.44. The van der Waals surface area contributed by atoms with Gasteiger partial charge in [-0.1, -0.05) is 12.1 Å². The van der Waals surface area contributed by atoms with Crippen molar-refractivity contribution in [1.82, 2.24) is 0 Å². The average Bonchev–Trinajstić information content (AvgIpc) is 2.62. The van der Waals surface area contributed by atoms with Gasteiger partial charge in [0.05, 0.1) is 19.3 Å². The Morgan fingerprint density at radius 1 is 1.27 bits per heavy atom. The van der Waals surface area contributed by atoms with E-state index in [1.165, 1.54) is 6.07 Å². The lowest BCUT2D eigenvalue weighted by Crippen LogP contribution is -2.28. The van der Waals surface area contributed by atoms with Crippen LogP contribution in [-0.4, -0.2) is 30.2 Å². The number of carbonyl (C=O) groups excluding carboxylic acids is 1. The minimum Gasteiger partial charge on any atom is -0.497 e. The van der Waals surface area contributed by atoms with E-state index in [1.54, 1.807) is 33.1 Å². The number of methoxy groups -OCH3 is 1. The maximum atomic E-state index is 13.8. The van der Waals surface area contributed by atoms with Gasteiger partial charge in [-0.15, -0.1) is 0 Å². The van der Waals surface area contributed by atoms with Gasteiger partial charge in [-0.2, -0.15) is 0 Å². The molecule has 2 aromatic carbocycles. The third-order valence-electron chi connectivity index (χ3n) is 3.81. The topological polar surface area (TPSA) is 84.9 Å². The first-order valence-corrected chi connectivity index (χ1v) is 7.90. The number of anilines is 1. The van der Waals surface area contributed by atoms with Crippen LogP contribution in [0.15, 0.2) is 36.4 Å². The molecule has 138 valence electrons. The summed E-state index contributed by atoms with van der Waals surface area (Å²) in [5, 5.41) is 11.5. The van der Waals surface area contributed by atoms with E-state index in [0.717, 1.165) is 11.6 Å². The predicted octanol–water partition coefficient (Wildman–Crippen LogP) is 3.38. The number of nitrogens with one attached hydrogen (secondary N) is 1. The molecule has 7 heteroatoms. The van der Waals surface area contributed by atoms with Gasteiger partial charge in [0.25, 0.3) is 5.91 Å². The van der Waals surface area contributed by atoms with Crippen LogP contribution in [0.5, 0.6) is 5.75 Å². The molecule has 0 aliphatic heterocycles. The van der Waals surface area contributed by atoms with Crippen LogP contribution in [0, 0.1) is 12.7 Å². The van der Waals surface area contributed by atoms with Crippen LogP contribution in [-0.2, 0) is 16.1 Å². The molecule has 0 spiro atoms. The summed E-state index contributed by atoms with van der Waals surface area (Å²) in [6.07, 6.45) is -0.789. The van der Waals surface area contributed by atoms with E-state index >= 15 is 0 Å². The molecule has 2 N–H and O–H groups in total. The second-order valence-electron chi connectivity index (χ2n) is 5.75. The van der Waals surface area contributed by atoms with Crippen molar-refractivity contribution in [3.63, 3.8) is 0 Å². The molecule has 2 aromatic rings. The summed E-state index contributed by atoms with van der Waals surface area (Å²) in [5.74, 6) is -2.05. The highest BCUT2D eigenvalue weighted by molar-refractivity contribution is 5.95. The van der Waals surface area contributed by atoms with Crippen molar-refractivity contribution in [3.8, 4) is 5.75 Å². The van der Waals surface area contributed by atoms with Gasteiger partial charge >= 0.3 is 5.97 Å². The largest absolute Gasteiger partial charge is 0.497 e. The van der Waals surface area contributed by atoms with Crippen LogP contribution >= 0.6 is 0 Å². The molecule has 1 amide bonds. The molecule has 2 rings (SSSR count). The Kier molecular flexibility index (Phi) is 6.30. The number of aryl methyl sites for hydroxylation is 1. The molecule has 6 nitrogen and oxygen atoms in total. The van der Waals surface area contributed by atoms with Gasteiger partial charge in [0.2, 0.25) is 0 Å². The number of benzene rings is 2. The lowest BCUT2D eigenvalue weighted by atomic mass is 10.1. The Bertz CT molecular complexity index is 822. The maximum absolute atomic E-state index is 13.8. The molecular weight excluding hydrogens is 341 g/mol. The summed E-state index contributed by atoms with van der Waals surface area (Å²) in [6, 6.07) is 9.43. The van der Waals surface area contributed by atoms with Gasteiger partial charge < -0.3 is 19.9 Å². The van der Waals surface area contributed by atoms with E-state index in [4.69, 9.17) is 14.6 Å². The van der Waals surface area contributed by atoms with E-state index < -0.39 is 29.4 Å². The molecule has 26 heavy (non-hydrogen) atoms. The molecule has 0 aliphatic rings. The van der Waals surface area contributed by atoms with Gasteiger partial charge in [-0.25, -0.2) is 9.18 Å². The maximum Gasteiger partial charge on any atom is 0.338 e. The zero-order valence-corrected chi connectivity index (χ0v) is 14.7. The Morgan fingerprint density at radius 3 is 2.65 bits per heavy atom. The Balaban J connectivity index is 2.00. The highest BCUT2D eigenvalue weighted by atomic mass is 19.1. The second-order valence-corrected chi connectivity index (χ2v) is 5.75. The van der Waals surface area contributed by atoms with E-state index in [-0.39, 0.29) is 12.3 Å². The third-order valence-corrected chi connectivity index (χ3v) is 3.81. The average molecular weight is 361 g/mol. The van der Waals surface area contributed by atoms with Crippen LogP contribution in [0.2, 0.25) is 0 Å². The first-order valence-electron chi connectivity index (χ1n) is 7.90. The SMILES string of the molecule is COc1cccc(COC(C)C(=O)Nc2cc(F)c(C(=O)O)cc2C)c1. The lowest BCUT2D eigenvalue weighted by Gasteiger charge is -2.15. The van der Waals surface area contributed by atoms with Crippen LogP contribution in [0.3, 0.4) is 0 Å². The number of amides is 1. The molecule has 0 bridgehead atoms. The minimum atomic E-state index is -1.36. The normalized spacial score (nSPS) is 11.7. The first kappa shape index (κ1) is 19.4. The molecule has 0 heterocycles. The number of aromatic carboxylic acids is 1. The summed E-state index contributed by atoms with van der Waals surface area (Å²) in [6.45, 7) is 3.37. The molecule has 1 unspecified atom stereocenters. The Labute approximate surface area is 150 Å². The number of hydrogen-bond acceptors (Lipinski definition) is 4. The van der Waals surface area contributed by atoms with Crippen molar-refractivity contribution in [3.05, 3.63) is 58.9 Å². The molecule has 1 atom stereocenters. The van der Waals surface area contributed by atoms with E-state index in [2.05, 4.69) is 5.32 Å². The number of carbonyl (C=O) groups is 2. The first-order chi connectivity index (χ1) is 12.3. The van der Waals surface area contributed by atoms with Crippen LogP contribution in [0.1, 0.15) is 28.4 Å². The van der Waals surface area contributed by atoms with Crippen molar-refractivity contribution in [2.75, 3.05) is 12.4 Å². The van der Waals surface area contributed by atoms with E-state index in [0.29, 0.717) is 11.3 Å². The van der Waals surface area contributed by atoms with E-state index in [1.807, 2.05) is 12.1 Å². The standard InChI is InChI=1S/C19H20FNO5/c1-11-7-15(19(23)24)16(20)9-17(11)21-18(22)12(2)26-10-13-5-4-6-14(8-13)25-3/h4-9,12H,10H2,1-3H3,(H,21,22)(H,23,24). The third kappa shape index (κ3) is 4.80. The molecule has 0 aromatic heterocycles. The van der Waals surface area contributed by atoms with Gasteiger partial charge in [-0.05, 0) is 49.2 Å². The highest BCUT2D eigenvalue weighted by Gasteiger charge is 2.18. The monoisotopic (exact) mass is 361 g/mol. The van der Waals surface area contributed by atoms with Gasteiger partial charge in [-0.3, -0.25) is 4.79 Å². The van der Waals surface area contributed by atoms with Crippen molar-refractivity contribution in [1.29, 1.82) is 0 Å². The van der Waals surface area contributed by atoms with Gasteiger partial charge in [0.1, 0.15) is 17.7 Å². The van der Waals surface area contributed by atoms with Gasteiger partial charge in [0, 0.05) is 5.69 Å². The van der Waals surface area contributed by atoms with E-state index in [9.17, 15) is 14.0 Å². The molecule has 0 saturated carbocycles. The Hall–Kier alpha value is -2.93. The fourth-order valence-electron chi connectivity index (χ4n) is 2.27. The van der Waals surface area contributed by atoms with Gasteiger partial charge in [0.15, 0.2) is 0 Å². The fraction of sp³-hybridized carbons (Fsp3) is 0.263. The smallest absolute Gasteiger partial charge is 0.338 e. The molecule has 0 radical (unpaired) electrons. The summed E-state index contributed by atoms with van der Waals surface area (Å²) in [7, 11) is 1.56. The predicted molar refractivity (Wildman–Crippen MR) is 94.0 cm³/mol. The van der Waals surface area contributed by atoms with Crippen molar-refractivity contribution in [2.45, 2.75) is 26.6 Å². The summed E-state index contributed by atoms with van der Waals surface area (Å²) in [5.41, 5.74) is 1.05. The quantitative estimate of drug-likeness (QED) is 0.790. The number of halogens is 1. The fourth-order valence-corrected chi connectivity index (χ4v) is 2.27. The van der Waals surface area contributed by atoms with Crippen LogP contribution in [0.4, 0.5) is 10.1 Å². The van der Waals surface area contributed by atoms with Crippen LogP contribution < -0.4 is 10.1 Å². The summed E-state index contributed by atoms with van der Waals surface area (Å²) in [4.78, 5) is 23.2. The molecule has 0 fully saturated rings. The van der Waals surface area contributed by atoms with Crippen molar-refractivity contribution < 1.29 is 28.6 Å². The van der Waals surface area contributed by atoms with Crippen molar-refractivity contribution in [2.24, 2.45) is 0 Å². The molecular formula is C19H20FNO5. The molecule has 0 saturated heterocycles. The Morgan fingerprint density at radius 2 is 2.00 bits per heavy atom. The zero-order valence-electron chi connectivity index (χ0n) is 14.7. The number of rotatable bonds is 7. The molecule has 0 aliphatic carbocycles. The highest BCUT2D eigenvalue weighted by Crippen LogP contribution is 2.21. The number of carboxylic acid groups (broad SMARTS) is 1. The summed E-state index contributed by atoms with van der Waals surface area (Å²) < 4.78 is 24.5. The van der Waals surface area contributed by atoms with Crippen LogP contribution in [0.25, 0.3) is 0 Å². The minimum absolute atomic E-state index is 0.203. The number of hydrogen-bond donors (Lipinski definition) is 2.